The van der Waals surface area contributed by atoms with Gasteiger partial charge in [-0.05, 0) is 36.5 Å². The van der Waals surface area contributed by atoms with E-state index < -0.39 is 12.1 Å². The number of rotatable bonds is 6. The van der Waals surface area contributed by atoms with Crippen molar-refractivity contribution in [2.24, 2.45) is 0 Å². The fourth-order valence-electron chi connectivity index (χ4n) is 2.01. The first-order chi connectivity index (χ1) is 8.36. The molecule has 0 aliphatic heterocycles. The van der Waals surface area contributed by atoms with Gasteiger partial charge in [-0.2, -0.15) is 0 Å². The minimum Gasteiger partial charge on any atom is -0.479 e. The summed E-state index contributed by atoms with van der Waals surface area (Å²) in [7, 11) is 0. The van der Waals surface area contributed by atoms with Crippen molar-refractivity contribution >= 4 is 5.97 Å². The third-order valence-electron chi connectivity index (χ3n) is 3.17. The number of carboxylic acid groups (broad SMARTS) is 1. The van der Waals surface area contributed by atoms with Gasteiger partial charge in [0.25, 0.3) is 0 Å². The monoisotopic (exact) mass is 250 g/mol. The molecule has 18 heavy (non-hydrogen) atoms. The standard InChI is InChI=1S/C15H22O3/c1-5-10-15(3,4)12-6-8-13(9-7-12)18-11(2)14(16)17/h6-9,11H,5,10H2,1-4H3,(H,16,17). The Labute approximate surface area is 109 Å². The van der Waals surface area contributed by atoms with Gasteiger partial charge in [-0.25, -0.2) is 4.79 Å². The number of hydrogen-bond acceptors (Lipinski definition) is 2. The van der Waals surface area contributed by atoms with E-state index in [1.54, 1.807) is 0 Å². The first kappa shape index (κ1) is 14.6. The summed E-state index contributed by atoms with van der Waals surface area (Å²) in [6.07, 6.45) is 1.44. The molecule has 1 N–H and O–H groups in total. The van der Waals surface area contributed by atoms with Gasteiger partial charge in [-0.15, -0.1) is 0 Å². The molecule has 0 saturated heterocycles. The molecule has 1 unspecified atom stereocenters. The van der Waals surface area contributed by atoms with Crippen LogP contribution in [0.4, 0.5) is 0 Å². The van der Waals surface area contributed by atoms with Crippen LogP contribution in [0.1, 0.15) is 46.1 Å². The fourth-order valence-corrected chi connectivity index (χ4v) is 2.01. The largest absolute Gasteiger partial charge is 0.479 e. The lowest BCUT2D eigenvalue weighted by molar-refractivity contribution is -0.144. The maximum absolute atomic E-state index is 10.7. The lowest BCUT2D eigenvalue weighted by Gasteiger charge is -2.25. The van der Waals surface area contributed by atoms with Crippen LogP contribution in [0.2, 0.25) is 0 Å². The number of carboxylic acids is 1. The molecule has 1 aromatic rings. The summed E-state index contributed by atoms with van der Waals surface area (Å²) < 4.78 is 5.30. The second-order valence-corrected chi connectivity index (χ2v) is 5.26. The fraction of sp³-hybridized carbons (Fsp3) is 0.533. The normalized spacial score (nSPS) is 13.1. The predicted octanol–water partition coefficient (Wildman–Crippen LogP) is 3.62. The van der Waals surface area contributed by atoms with Crippen molar-refractivity contribution < 1.29 is 14.6 Å². The van der Waals surface area contributed by atoms with E-state index in [0.29, 0.717) is 5.75 Å². The number of carbonyl (C=O) groups is 1. The van der Waals surface area contributed by atoms with E-state index in [1.807, 2.05) is 24.3 Å². The molecule has 0 radical (unpaired) electrons. The average molecular weight is 250 g/mol. The van der Waals surface area contributed by atoms with Gasteiger partial charge in [0.1, 0.15) is 5.75 Å². The highest BCUT2D eigenvalue weighted by molar-refractivity contribution is 5.72. The van der Waals surface area contributed by atoms with E-state index in [-0.39, 0.29) is 5.41 Å². The first-order valence-corrected chi connectivity index (χ1v) is 6.37. The summed E-state index contributed by atoms with van der Waals surface area (Å²) in [5.41, 5.74) is 1.39. The van der Waals surface area contributed by atoms with Crippen LogP contribution in [0.3, 0.4) is 0 Å². The Morgan fingerprint density at radius 1 is 1.33 bits per heavy atom. The van der Waals surface area contributed by atoms with Crippen LogP contribution in [0.15, 0.2) is 24.3 Å². The van der Waals surface area contributed by atoms with Crippen molar-refractivity contribution in [1.82, 2.24) is 0 Å². The molecule has 1 rings (SSSR count). The average Bonchev–Trinajstić information content (AvgIpc) is 2.29. The molecular formula is C15H22O3. The third-order valence-corrected chi connectivity index (χ3v) is 3.17. The van der Waals surface area contributed by atoms with Gasteiger partial charge < -0.3 is 9.84 Å². The highest BCUT2D eigenvalue weighted by Gasteiger charge is 2.19. The highest BCUT2D eigenvalue weighted by Crippen LogP contribution is 2.29. The Kier molecular flexibility index (Phi) is 4.76. The zero-order valence-electron chi connectivity index (χ0n) is 11.6. The molecule has 0 saturated carbocycles. The summed E-state index contributed by atoms with van der Waals surface area (Å²) >= 11 is 0. The molecule has 0 aliphatic carbocycles. The van der Waals surface area contributed by atoms with Gasteiger partial charge in [0.15, 0.2) is 6.10 Å². The number of hydrogen-bond donors (Lipinski definition) is 1. The molecule has 0 heterocycles. The molecule has 1 aromatic carbocycles. The van der Waals surface area contributed by atoms with E-state index in [0.717, 1.165) is 12.8 Å². The topological polar surface area (TPSA) is 46.5 Å². The highest BCUT2D eigenvalue weighted by atomic mass is 16.5. The maximum atomic E-state index is 10.7. The Bertz CT molecular complexity index is 393. The Balaban J connectivity index is 2.77. The summed E-state index contributed by atoms with van der Waals surface area (Å²) in [6, 6.07) is 7.71. The lowest BCUT2D eigenvalue weighted by Crippen LogP contribution is -2.23. The van der Waals surface area contributed by atoms with Gasteiger partial charge >= 0.3 is 5.97 Å². The van der Waals surface area contributed by atoms with Gasteiger partial charge in [0.2, 0.25) is 0 Å². The van der Waals surface area contributed by atoms with E-state index in [4.69, 9.17) is 9.84 Å². The molecule has 1 atom stereocenters. The number of benzene rings is 1. The van der Waals surface area contributed by atoms with Gasteiger partial charge in [0.05, 0.1) is 0 Å². The van der Waals surface area contributed by atoms with E-state index >= 15 is 0 Å². The van der Waals surface area contributed by atoms with Crippen LogP contribution in [0.25, 0.3) is 0 Å². The SMILES string of the molecule is CCCC(C)(C)c1ccc(OC(C)C(=O)O)cc1. The third kappa shape index (κ3) is 3.76. The van der Waals surface area contributed by atoms with Crippen LogP contribution in [-0.4, -0.2) is 17.2 Å². The minimum absolute atomic E-state index is 0.145. The first-order valence-electron chi connectivity index (χ1n) is 6.37. The zero-order chi connectivity index (χ0) is 13.8. The van der Waals surface area contributed by atoms with Crippen molar-refractivity contribution in [2.45, 2.75) is 52.1 Å². The van der Waals surface area contributed by atoms with E-state index in [9.17, 15) is 4.79 Å². The van der Waals surface area contributed by atoms with Gasteiger partial charge in [-0.1, -0.05) is 39.3 Å². The maximum Gasteiger partial charge on any atom is 0.344 e. The van der Waals surface area contributed by atoms with Crippen molar-refractivity contribution in [3.8, 4) is 5.75 Å². The van der Waals surface area contributed by atoms with Crippen LogP contribution >= 0.6 is 0 Å². The van der Waals surface area contributed by atoms with Crippen molar-refractivity contribution in [2.75, 3.05) is 0 Å². The van der Waals surface area contributed by atoms with Crippen molar-refractivity contribution in [3.05, 3.63) is 29.8 Å². The Morgan fingerprint density at radius 2 is 1.89 bits per heavy atom. The molecule has 0 spiro atoms. The van der Waals surface area contributed by atoms with Gasteiger partial charge in [0, 0.05) is 0 Å². The van der Waals surface area contributed by atoms with Crippen LogP contribution in [-0.2, 0) is 10.2 Å². The second kappa shape index (κ2) is 5.89. The minimum atomic E-state index is -0.953. The lowest BCUT2D eigenvalue weighted by atomic mass is 9.81. The Hall–Kier alpha value is -1.51. The molecule has 0 amide bonds. The van der Waals surface area contributed by atoms with Crippen molar-refractivity contribution in [1.29, 1.82) is 0 Å². The van der Waals surface area contributed by atoms with Crippen molar-refractivity contribution in [3.63, 3.8) is 0 Å². The second-order valence-electron chi connectivity index (χ2n) is 5.26. The molecule has 100 valence electrons. The molecule has 0 aliphatic rings. The van der Waals surface area contributed by atoms with E-state index in [2.05, 4.69) is 20.8 Å². The Morgan fingerprint density at radius 3 is 2.33 bits per heavy atom. The van der Waals surface area contributed by atoms with Crippen LogP contribution in [0.5, 0.6) is 5.75 Å². The van der Waals surface area contributed by atoms with Crippen LogP contribution in [0, 0.1) is 0 Å². The van der Waals surface area contributed by atoms with Gasteiger partial charge in [-0.3, -0.25) is 0 Å². The quantitative estimate of drug-likeness (QED) is 0.838. The smallest absolute Gasteiger partial charge is 0.344 e. The molecule has 0 bridgehead atoms. The summed E-state index contributed by atoms with van der Waals surface area (Å²) in [6.45, 7) is 8.13. The predicted molar refractivity (Wildman–Crippen MR) is 72.1 cm³/mol. The number of aliphatic carboxylic acids is 1. The molecular weight excluding hydrogens is 228 g/mol. The summed E-state index contributed by atoms with van der Waals surface area (Å²) in [5.74, 6) is -0.355. The zero-order valence-corrected chi connectivity index (χ0v) is 11.6. The molecule has 0 aromatic heterocycles. The summed E-state index contributed by atoms with van der Waals surface area (Å²) in [4.78, 5) is 10.7. The van der Waals surface area contributed by atoms with E-state index in [1.165, 1.54) is 12.5 Å². The number of ether oxygens (including phenoxy) is 1. The summed E-state index contributed by atoms with van der Waals surface area (Å²) in [5, 5.41) is 8.77. The molecule has 3 heteroatoms. The molecule has 0 fully saturated rings. The molecule has 3 nitrogen and oxygen atoms in total. The van der Waals surface area contributed by atoms with Crippen LogP contribution < -0.4 is 4.74 Å².